The van der Waals surface area contributed by atoms with Gasteiger partial charge in [-0.1, -0.05) is 62.7 Å². The number of rotatable bonds is 13. The molecule has 0 spiro atoms. The van der Waals surface area contributed by atoms with E-state index < -0.39 is 25.3 Å². The summed E-state index contributed by atoms with van der Waals surface area (Å²) in [6.07, 6.45) is 4.85. The Morgan fingerprint density at radius 3 is 2.46 bits per heavy atom. The SMILES string of the molecule is Cc1ccc(CCC(N)(CO)COP(=O)(N[C@H](C)C(=O)OCC(C)(C)C)Oc2cccc3c2CCCC3)cc1. The molecule has 216 valence electrons. The van der Waals surface area contributed by atoms with Gasteiger partial charge < -0.3 is 20.1 Å². The van der Waals surface area contributed by atoms with Gasteiger partial charge >= 0.3 is 13.7 Å². The number of nitrogens with two attached hydrogens (primary N) is 1. The normalized spacial score (nSPS) is 17.4. The fraction of sp³-hybridized carbons (Fsp3) is 0.567. The van der Waals surface area contributed by atoms with Crippen LogP contribution in [0, 0.1) is 12.3 Å². The molecular weight excluding hydrogens is 515 g/mol. The van der Waals surface area contributed by atoms with Crippen molar-refractivity contribution < 1.29 is 28.3 Å². The lowest BCUT2D eigenvalue weighted by molar-refractivity contribution is -0.148. The molecule has 2 unspecified atom stereocenters. The van der Waals surface area contributed by atoms with Gasteiger partial charge in [0.25, 0.3) is 0 Å². The summed E-state index contributed by atoms with van der Waals surface area (Å²) < 4.78 is 31.5. The van der Waals surface area contributed by atoms with Crippen LogP contribution in [0.4, 0.5) is 0 Å². The van der Waals surface area contributed by atoms with E-state index in [2.05, 4.69) is 11.2 Å². The van der Waals surface area contributed by atoms with E-state index in [9.17, 15) is 14.5 Å². The average Bonchev–Trinajstić information content (AvgIpc) is 2.90. The molecule has 3 rings (SSSR count). The van der Waals surface area contributed by atoms with Crippen LogP contribution >= 0.6 is 7.75 Å². The number of benzene rings is 2. The molecule has 0 aliphatic heterocycles. The summed E-state index contributed by atoms with van der Waals surface area (Å²) in [7, 11) is -4.12. The van der Waals surface area contributed by atoms with E-state index >= 15 is 0 Å². The minimum absolute atomic E-state index is 0.214. The van der Waals surface area contributed by atoms with Crippen molar-refractivity contribution in [3.8, 4) is 5.75 Å². The Bertz CT molecular complexity index is 1150. The van der Waals surface area contributed by atoms with Crippen molar-refractivity contribution in [2.24, 2.45) is 11.1 Å². The van der Waals surface area contributed by atoms with Gasteiger partial charge in [0, 0.05) is 0 Å². The van der Waals surface area contributed by atoms with Gasteiger partial charge in [-0.05, 0) is 80.5 Å². The predicted molar refractivity (Wildman–Crippen MR) is 154 cm³/mol. The fourth-order valence-corrected chi connectivity index (χ4v) is 5.93. The number of fused-ring (bicyclic) bond motifs is 1. The molecular formula is C30H45N2O6P. The number of hydrogen-bond acceptors (Lipinski definition) is 7. The highest BCUT2D eigenvalue weighted by molar-refractivity contribution is 7.52. The lowest BCUT2D eigenvalue weighted by Crippen LogP contribution is -2.49. The van der Waals surface area contributed by atoms with E-state index in [0.717, 1.165) is 47.9 Å². The summed E-state index contributed by atoms with van der Waals surface area (Å²) in [6, 6.07) is 12.8. The summed E-state index contributed by atoms with van der Waals surface area (Å²) >= 11 is 0. The van der Waals surface area contributed by atoms with E-state index in [1.54, 1.807) is 13.0 Å². The van der Waals surface area contributed by atoms with Gasteiger partial charge in [0.15, 0.2) is 0 Å². The lowest BCUT2D eigenvalue weighted by atomic mass is 9.91. The Labute approximate surface area is 233 Å². The third kappa shape index (κ3) is 9.73. The smallest absolute Gasteiger partial charge is 0.459 e. The van der Waals surface area contributed by atoms with Crippen molar-refractivity contribution in [1.82, 2.24) is 5.09 Å². The molecule has 0 bridgehead atoms. The third-order valence-electron chi connectivity index (χ3n) is 6.79. The maximum atomic E-state index is 14.2. The minimum atomic E-state index is -4.12. The molecule has 0 fully saturated rings. The molecule has 0 radical (unpaired) electrons. The summed E-state index contributed by atoms with van der Waals surface area (Å²) in [5.74, 6) is -0.0995. The van der Waals surface area contributed by atoms with Gasteiger partial charge in [-0.2, -0.15) is 5.09 Å². The summed E-state index contributed by atoms with van der Waals surface area (Å²) in [5, 5.41) is 12.9. The van der Waals surface area contributed by atoms with Crippen molar-refractivity contribution >= 4 is 13.7 Å². The number of aliphatic hydroxyl groups excluding tert-OH is 1. The molecule has 39 heavy (non-hydrogen) atoms. The number of ether oxygens (including phenoxy) is 1. The van der Waals surface area contributed by atoms with Crippen LogP contribution in [0.2, 0.25) is 0 Å². The number of nitrogens with one attached hydrogen (secondary N) is 1. The van der Waals surface area contributed by atoms with Crippen LogP contribution in [0.1, 0.15) is 69.2 Å². The van der Waals surface area contributed by atoms with Crippen LogP contribution in [0.5, 0.6) is 5.75 Å². The second-order valence-electron chi connectivity index (χ2n) is 12.0. The van der Waals surface area contributed by atoms with E-state index in [1.807, 2.05) is 58.0 Å². The van der Waals surface area contributed by atoms with Crippen molar-refractivity contribution in [2.75, 3.05) is 19.8 Å². The Morgan fingerprint density at radius 1 is 1.10 bits per heavy atom. The maximum Gasteiger partial charge on any atom is 0.459 e. The highest BCUT2D eigenvalue weighted by atomic mass is 31.2. The van der Waals surface area contributed by atoms with Gasteiger partial charge in [-0.3, -0.25) is 9.32 Å². The Hall–Kier alpha value is -2.22. The molecule has 0 saturated carbocycles. The molecule has 2 aromatic carbocycles. The van der Waals surface area contributed by atoms with E-state index in [0.29, 0.717) is 18.6 Å². The number of aliphatic hydroxyl groups is 1. The molecule has 0 aromatic heterocycles. The second-order valence-corrected chi connectivity index (χ2v) is 13.7. The minimum Gasteiger partial charge on any atom is -0.464 e. The standard InChI is InChI=1S/C30H45N2O6P/c1-22-13-15-24(16-14-22)17-18-30(31,19-33)21-37-39(35,32-23(2)28(34)36-20-29(3,4)5)38-27-12-8-10-25-9-6-7-11-26(25)27/h8,10,12-16,23,33H,6-7,9,11,17-21,31H2,1-5H3,(H,32,35)/t23-,30?,39?/m1/s1. The lowest BCUT2D eigenvalue weighted by Gasteiger charge is -2.31. The quantitative estimate of drug-likeness (QED) is 0.224. The van der Waals surface area contributed by atoms with Gasteiger partial charge in [0.05, 0.1) is 25.4 Å². The van der Waals surface area contributed by atoms with Crippen molar-refractivity contribution in [1.29, 1.82) is 0 Å². The molecule has 4 N–H and O–H groups in total. The monoisotopic (exact) mass is 560 g/mol. The molecule has 0 amide bonds. The molecule has 9 heteroatoms. The largest absolute Gasteiger partial charge is 0.464 e. The number of esters is 1. The Kier molecular flexibility index (Phi) is 10.8. The van der Waals surface area contributed by atoms with Gasteiger partial charge in [0.2, 0.25) is 0 Å². The van der Waals surface area contributed by atoms with Crippen LogP contribution in [0.25, 0.3) is 0 Å². The number of carbonyl (C=O) groups excluding carboxylic acids is 1. The predicted octanol–water partition coefficient (Wildman–Crippen LogP) is 5.27. The third-order valence-corrected chi connectivity index (χ3v) is 8.40. The summed E-state index contributed by atoms with van der Waals surface area (Å²) in [5.41, 5.74) is 9.51. The molecule has 0 saturated heterocycles. The molecule has 1 aliphatic carbocycles. The first-order chi connectivity index (χ1) is 18.3. The highest BCUT2D eigenvalue weighted by Crippen LogP contribution is 2.47. The fourth-order valence-electron chi connectivity index (χ4n) is 4.31. The first kappa shape index (κ1) is 31.3. The first-order valence-electron chi connectivity index (χ1n) is 13.8. The maximum absolute atomic E-state index is 14.2. The topological polar surface area (TPSA) is 120 Å². The number of hydrogen-bond donors (Lipinski definition) is 3. The van der Waals surface area contributed by atoms with E-state index in [1.165, 1.54) is 0 Å². The number of carbonyl (C=O) groups is 1. The van der Waals surface area contributed by atoms with E-state index in [4.69, 9.17) is 19.5 Å². The van der Waals surface area contributed by atoms with Crippen LogP contribution in [-0.4, -0.2) is 42.5 Å². The van der Waals surface area contributed by atoms with Crippen molar-refractivity contribution in [3.05, 3.63) is 64.7 Å². The average molecular weight is 561 g/mol. The molecule has 1 aliphatic rings. The second kappa shape index (κ2) is 13.4. The molecule has 2 aromatic rings. The molecule has 0 heterocycles. The summed E-state index contributed by atoms with van der Waals surface area (Å²) in [4.78, 5) is 12.7. The van der Waals surface area contributed by atoms with Crippen molar-refractivity contribution in [3.63, 3.8) is 0 Å². The van der Waals surface area contributed by atoms with Crippen LogP contribution in [-0.2, 0) is 37.9 Å². The molecule has 8 nitrogen and oxygen atoms in total. The number of aryl methyl sites for hydroxylation is 3. The Balaban J connectivity index is 1.77. The molecule has 3 atom stereocenters. The van der Waals surface area contributed by atoms with Gasteiger partial charge in [-0.15, -0.1) is 0 Å². The first-order valence-corrected chi connectivity index (χ1v) is 15.3. The van der Waals surface area contributed by atoms with E-state index in [-0.39, 0.29) is 25.2 Å². The van der Waals surface area contributed by atoms with Crippen LogP contribution in [0.3, 0.4) is 0 Å². The zero-order valence-electron chi connectivity index (χ0n) is 24.0. The van der Waals surface area contributed by atoms with Gasteiger partial charge in [0.1, 0.15) is 11.8 Å². The Morgan fingerprint density at radius 2 is 1.79 bits per heavy atom. The van der Waals surface area contributed by atoms with Crippen LogP contribution < -0.4 is 15.3 Å². The highest BCUT2D eigenvalue weighted by Gasteiger charge is 2.37. The zero-order valence-corrected chi connectivity index (χ0v) is 24.9. The van der Waals surface area contributed by atoms with Crippen LogP contribution in [0.15, 0.2) is 42.5 Å². The zero-order chi connectivity index (χ0) is 28.7. The summed E-state index contributed by atoms with van der Waals surface area (Å²) in [6.45, 7) is 9.06. The van der Waals surface area contributed by atoms with Crippen molar-refractivity contribution in [2.45, 2.75) is 84.7 Å². The van der Waals surface area contributed by atoms with Gasteiger partial charge in [-0.25, -0.2) is 4.57 Å².